The van der Waals surface area contributed by atoms with E-state index in [4.69, 9.17) is 18.9 Å². The number of benzene rings is 2. The van der Waals surface area contributed by atoms with E-state index in [-0.39, 0.29) is 17.9 Å². The molecule has 2 aromatic rings. The Labute approximate surface area is 197 Å². The maximum atomic E-state index is 12.9. The third-order valence-corrected chi connectivity index (χ3v) is 6.49. The quantitative estimate of drug-likeness (QED) is 0.517. The molecule has 1 atom stereocenters. The van der Waals surface area contributed by atoms with Crippen molar-refractivity contribution in [2.45, 2.75) is 24.9 Å². The van der Waals surface area contributed by atoms with Gasteiger partial charge in [0.1, 0.15) is 12.6 Å². The van der Waals surface area contributed by atoms with Gasteiger partial charge in [-0.15, -0.1) is 0 Å². The minimum Gasteiger partial charge on any atom is -0.466 e. The van der Waals surface area contributed by atoms with Gasteiger partial charge in [-0.3, -0.25) is 0 Å². The lowest BCUT2D eigenvalue weighted by Crippen LogP contribution is -2.67. The predicted molar refractivity (Wildman–Crippen MR) is 122 cm³/mol. The van der Waals surface area contributed by atoms with Crippen LogP contribution >= 0.6 is 0 Å². The van der Waals surface area contributed by atoms with E-state index < -0.39 is 24.1 Å². The molecule has 34 heavy (non-hydrogen) atoms. The fourth-order valence-electron chi connectivity index (χ4n) is 4.61. The van der Waals surface area contributed by atoms with Crippen molar-refractivity contribution < 1.29 is 33.3 Å². The van der Waals surface area contributed by atoms with Gasteiger partial charge in [0.25, 0.3) is 0 Å². The first kappa shape index (κ1) is 22.6. The summed E-state index contributed by atoms with van der Waals surface area (Å²) in [6.45, 7) is 3.36. The molecule has 8 heteroatoms. The van der Waals surface area contributed by atoms with Gasteiger partial charge in [-0.05, 0) is 28.3 Å². The molecule has 3 saturated heterocycles. The summed E-state index contributed by atoms with van der Waals surface area (Å²) in [5, 5.41) is 2.74. The van der Waals surface area contributed by atoms with Crippen molar-refractivity contribution in [2.24, 2.45) is 5.41 Å². The number of methoxy groups -OCH3 is 1. The summed E-state index contributed by atoms with van der Waals surface area (Å²) in [5.74, 6) is -2.19. The average Bonchev–Trinajstić information content (AvgIpc) is 3.19. The summed E-state index contributed by atoms with van der Waals surface area (Å²) < 4.78 is 27.9. The van der Waals surface area contributed by atoms with Gasteiger partial charge in [0.05, 0.1) is 26.9 Å². The van der Waals surface area contributed by atoms with Gasteiger partial charge in [0.15, 0.2) is 0 Å². The standard InChI is InChI=1S/C26H27NO7/c1-25-14-32-26(33-15-25,34-16-25)22(11-12-23(28)30-2)27-24(29)31-13-21-19-9-5-3-7-17(19)18-8-4-6-10-20(18)21/h3-12,21-22H,13-16H2,1-2H3,(H,27,29)/b12-11-. The Morgan fingerprint density at radius 3 is 2.15 bits per heavy atom. The van der Waals surface area contributed by atoms with Crippen molar-refractivity contribution in [3.05, 3.63) is 71.8 Å². The molecule has 6 rings (SSSR count). The van der Waals surface area contributed by atoms with Crippen LogP contribution in [-0.4, -0.2) is 57.6 Å². The Morgan fingerprint density at radius 1 is 1.03 bits per heavy atom. The van der Waals surface area contributed by atoms with Gasteiger partial charge in [-0.25, -0.2) is 9.59 Å². The van der Waals surface area contributed by atoms with Gasteiger partial charge in [-0.2, -0.15) is 0 Å². The predicted octanol–water partition coefficient (Wildman–Crippen LogP) is 3.36. The number of fused-ring (bicyclic) bond motifs is 6. The number of rotatable bonds is 6. The summed E-state index contributed by atoms with van der Waals surface area (Å²) in [7, 11) is 1.27. The van der Waals surface area contributed by atoms with Crippen LogP contribution in [0.25, 0.3) is 11.1 Å². The second-order valence-electron chi connectivity index (χ2n) is 9.11. The van der Waals surface area contributed by atoms with Crippen molar-refractivity contribution in [2.75, 3.05) is 33.5 Å². The molecule has 0 spiro atoms. The first-order chi connectivity index (χ1) is 16.4. The second-order valence-corrected chi connectivity index (χ2v) is 9.11. The third kappa shape index (κ3) is 4.09. The number of hydrogen-bond acceptors (Lipinski definition) is 7. The monoisotopic (exact) mass is 465 g/mol. The minimum atomic E-state index is -1.53. The number of hydrogen-bond donors (Lipinski definition) is 1. The first-order valence-electron chi connectivity index (χ1n) is 11.2. The van der Waals surface area contributed by atoms with Gasteiger partial charge < -0.3 is 29.0 Å². The van der Waals surface area contributed by atoms with E-state index in [1.807, 2.05) is 31.2 Å². The van der Waals surface area contributed by atoms with Crippen molar-refractivity contribution in [1.29, 1.82) is 0 Å². The Bertz CT molecular complexity index is 1060. The maximum absolute atomic E-state index is 12.9. The zero-order valence-corrected chi connectivity index (χ0v) is 19.1. The van der Waals surface area contributed by atoms with Gasteiger partial charge >= 0.3 is 18.0 Å². The largest absolute Gasteiger partial charge is 0.466 e. The van der Waals surface area contributed by atoms with Gasteiger partial charge in [0, 0.05) is 17.4 Å². The SMILES string of the molecule is COC(=O)/C=C\C(NC(=O)OCC1c2ccccc2-c2ccccc21)C12OCC(C)(CO1)CO2. The number of esters is 1. The molecule has 1 N–H and O–H groups in total. The normalized spacial score (nSPS) is 26.1. The highest BCUT2D eigenvalue weighted by atomic mass is 16.9. The maximum Gasteiger partial charge on any atom is 0.407 e. The molecule has 3 fully saturated rings. The average molecular weight is 466 g/mol. The van der Waals surface area contributed by atoms with Crippen LogP contribution in [0.4, 0.5) is 4.79 Å². The molecule has 4 aliphatic rings. The second kappa shape index (κ2) is 8.87. The molecule has 1 aliphatic carbocycles. The molecule has 3 aliphatic heterocycles. The van der Waals surface area contributed by atoms with Crippen LogP contribution in [0.2, 0.25) is 0 Å². The molecule has 2 bridgehead atoms. The highest BCUT2D eigenvalue weighted by Crippen LogP contribution is 2.44. The molecule has 178 valence electrons. The van der Waals surface area contributed by atoms with Crippen LogP contribution in [0.1, 0.15) is 24.0 Å². The van der Waals surface area contributed by atoms with Crippen molar-refractivity contribution in [1.82, 2.24) is 5.32 Å². The summed E-state index contributed by atoms with van der Waals surface area (Å²) in [6, 6.07) is 15.3. The van der Waals surface area contributed by atoms with Crippen LogP contribution in [0.5, 0.6) is 0 Å². The van der Waals surface area contributed by atoms with Crippen molar-refractivity contribution >= 4 is 12.1 Å². The topological polar surface area (TPSA) is 92.3 Å². The summed E-state index contributed by atoms with van der Waals surface area (Å²) >= 11 is 0. The zero-order chi connectivity index (χ0) is 23.8. The van der Waals surface area contributed by atoms with Crippen LogP contribution in [0.3, 0.4) is 0 Å². The number of carbonyl (C=O) groups is 2. The van der Waals surface area contributed by atoms with Crippen molar-refractivity contribution in [3.63, 3.8) is 0 Å². The zero-order valence-electron chi connectivity index (χ0n) is 19.1. The van der Waals surface area contributed by atoms with E-state index in [9.17, 15) is 9.59 Å². The molecule has 2 aromatic carbocycles. The summed E-state index contributed by atoms with van der Waals surface area (Å²) in [4.78, 5) is 24.6. The smallest absolute Gasteiger partial charge is 0.407 e. The van der Waals surface area contributed by atoms with E-state index in [1.54, 1.807) is 0 Å². The van der Waals surface area contributed by atoms with Crippen LogP contribution in [0, 0.1) is 5.41 Å². The molecule has 0 aromatic heterocycles. The van der Waals surface area contributed by atoms with Crippen LogP contribution < -0.4 is 5.32 Å². The Morgan fingerprint density at radius 2 is 1.59 bits per heavy atom. The molecule has 0 radical (unpaired) electrons. The molecule has 1 amide bonds. The van der Waals surface area contributed by atoms with E-state index in [0.717, 1.165) is 22.3 Å². The molecule has 1 unspecified atom stereocenters. The molecular formula is C26H27NO7. The Balaban J connectivity index is 1.31. The molecular weight excluding hydrogens is 438 g/mol. The highest BCUT2D eigenvalue weighted by Gasteiger charge is 2.55. The van der Waals surface area contributed by atoms with E-state index in [0.29, 0.717) is 19.8 Å². The number of alkyl carbamates (subject to hydrolysis) is 1. The molecule has 3 heterocycles. The number of amides is 1. The van der Waals surface area contributed by atoms with Gasteiger partial charge in [0.2, 0.25) is 0 Å². The molecule has 0 saturated carbocycles. The minimum absolute atomic E-state index is 0.0748. The lowest BCUT2D eigenvalue weighted by Gasteiger charge is -2.52. The Hall–Kier alpha value is -3.20. The van der Waals surface area contributed by atoms with Gasteiger partial charge in [-0.1, -0.05) is 55.5 Å². The van der Waals surface area contributed by atoms with Crippen molar-refractivity contribution in [3.8, 4) is 11.1 Å². The number of nitrogens with one attached hydrogen (secondary N) is 1. The lowest BCUT2D eigenvalue weighted by atomic mass is 9.91. The van der Waals surface area contributed by atoms with Crippen LogP contribution in [0.15, 0.2) is 60.7 Å². The highest BCUT2D eigenvalue weighted by molar-refractivity contribution is 5.82. The molecule has 8 nitrogen and oxygen atoms in total. The Kier molecular flexibility index (Phi) is 5.89. The number of ether oxygens (including phenoxy) is 5. The number of carbonyl (C=O) groups excluding carboxylic acids is 2. The fourth-order valence-corrected chi connectivity index (χ4v) is 4.61. The summed E-state index contributed by atoms with van der Waals surface area (Å²) in [6.07, 6.45) is 1.95. The lowest BCUT2D eigenvalue weighted by molar-refractivity contribution is -0.469. The first-order valence-corrected chi connectivity index (χ1v) is 11.2. The van der Waals surface area contributed by atoms with E-state index in [1.165, 1.54) is 19.3 Å². The van der Waals surface area contributed by atoms with E-state index >= 15 is 0 Å². The van der Waals surface area contributed by atoms with E-state index in [2.05, 4.69) is 34.3 Å². The van der Waals surface area contributed by atoms with Crippen LogP contribution in [-0.2, 0) is 28.5 Å². The summed E-state index contributed by atoms with van der Waals surface area (Å²) in [5.41, 5.74) is 4.28. The fraction of sp³-hybridized carbons (Fsp3) is 0.385. The third-order valence-electron chi connectivity index (χ3n) is 6.49.